The number of hydrogen-bond donors (Lipinski definition) is 0. The minimum atomic E-state index is -0.467. The van der Waals surface area contributed by atoms with E-state index in [4.69, 9.17) is 4.74 Å². The molecule has 0 radical (unpaired) electrons. The number of carbonyl (C=O) groups is 1. The highest BCUT2D eigenvalue weighted by atomic mass is 19.1. The van der Waals surface area contributed by atoms with E-state index in [-0.39, 0.29) is 11.8 Å². The fourth-order valence-corrected chi connectivity index (χ4v) is 1.94. The van der Waals surface area contributed by atoms with Crippen LogP contribution in [0.1, 0.15) is 25.6 Å². The second-order valence-corrected chi connectivity index (χ2v) is 4.14. The molecule has 2 rings (SSSR count). The third kappa shape index (κ3) is 2.08. The molecule has 0 N–H and O–H groups in total. The van der Waals surface area contributed by atoms with Crippen LogP contribution in [-0.4, -0.2) is 22.1 Å². The van der Waals surface area contributed by atoms with Gasteiger partial charge in [-0.2, -0.15) is 0 Å². The van der Waals surface area contributed by atoms with Crippen molar-refractivity contribution in [1.29, 1.82) is 0 Å². The average molecular weight is 250 g/mol. The number of imidazole rings is 1. The molecule has 0 aliphatic rings. The predicted octanol–water partition coefficient (Wildman–Crippen LogP) is 2.38. The van der Waals surface area contributed by atoms with Crippen molar-refractivity contribution in [2.45, 2.75) is 19.8 Å². The van der Waals surface area contributed by atoms with Crippen LogP contribution in [0.15, 0.2) is 18.2 Å². The first-order valence-electron chi connectivity index (χ1n) is 5.83. The summed E-state index contributed by atoms with van der Waals surface area (Å²) in [5, 5.41) is 0. The summed E-state index contributed by atoms with van der Waals surface area (Å²) >= 11 is 0. The SMILES string of the molecule is CCOC(=O)C(C)c1nc2ccc(F)cc2n1C. The van der Waals surface area contributed by atoms with Crippen LogP contribution < -0.4 is 0 Å². The number of aromatic nitrogens is 2. The Morgan fingerprint density at radius 3 is 2.94 bits per heavy atom. The first-order valence-corrected chi connectivity index (χ1v) is 5.83. The standard InChI is InChI=1S/C13H15FN2O2/c1-4-18-13(17)8(2)12-15-10-6-5-9(14)7-11(10)16(12)3/h5-8H,4H2,1-3H3. The van der Waals surface area contributed by atoms with Crippen molar-refractivity contribution in [3.63, 3.8) is 0 Å². The quantitative estimate of drug-likeness (QED) is 0.785. The lowest BCUT2D eigenvalue weighted by Gasteiger charge is -2.10. The molecule has 0 fully saturated rings. The summed E-state index contributed by atoms with van der Waals surface area (Å²) < 4.78 is 19.9. The van der Waals surface area contributed by atoms with Crippen LogP contribution in [0, 0.1) is 5.82 Å². The number of esters is 1. The van der Waals surface area contributed by atoms with E-state index in [1.807, 2.05) is 0 Å². The van der Waals surface area contributed by atoms with Crippen molar-refractivity contribution in [2.24, 2.45) is 7.05 Å². The van der Waals surface area contributed by atoms with Gasteiger partial charge in [0.15, 0.2) is 0 Å². The normalized spacial score (nSPS) is 12.7. The third-order valence-electron chi connectivity index (χ3n) is 2.90. The molecule has 1 aromatic carbocycles. The summed E-state index contributed by atoms with van der Waals surface area (Å²) in [6, 6.07) is 4.36. The maximum atomic E-state index is 13.2. The van der Waals surface area contributed by atoms with Gasteiger partial charge in [-0.05, 0) is 32.0 Å². The van der Waals surface area contributed by atoms with Crippen LogP contribution in [0.4, 0.5) is 4.39 Å². The van der Waals surface area contributed by atoms with E-state index in [0.717, 1.165) is 0 Å². The van der Waals surface area contributed by atoms with Crippen LogP contribution in [0.3, 0.4) is 0 Å². The highest BCUT2D eigenvalue weighted by Crippen LogP contribution is 2.22. The van der Waals surface area contributed by atoms with E-state index in [1.165, 1.54) is 12.1 Å². The van der Waals surface area contributed by atoms with Crippen LogP contribution >= 0.6 is 0 Å². The number of rotatable bonds is 3. The molecule has 96 valence electrons. The zero-order valence-electron chi connectivity index (χ0n) is 10.6. The number of hydrogen-bond acceptors (Lipinski definition) is 3. The Bertz CT molecular complexity index is 592. The highest BCUT2D eigenvalue weighted by molar-refractivity contribution is 5.81. The van der Waals surface area contributed by atoms with Crippen molar-refractivity contribution in [3.8, 4) is 0 Å². The zero-order chi connectivity index (χ0) is 13.3. The second-order valence-electron chi connectivity index (χ2n) is 4.14. The molecular formula is C13H15FN2O2. The van der Waals surface area contributed by atoms with Gasteiger partial charge in [-0.15, -0.1) is 0 Å². The monoisotopic (exact) mass is 250 g/mol. The van der Waals surface area contributed by atoms with Crippen LogP contribution in [0.2, 0.25) is 0 Å². The van der Waals surface area contributed by atoms with Crippen LogP contribution in [0.25, 0.3) is 11.0 Å². The first kappa shape index (κ1) is 12.5. The van der Waals surface area contributed by atoms with Gasteiger partial charge >= 0.3 is 5.97 Å². The Labute approximate surface area is 104 Å². The van der Waals surface area contributed by atoms with Gasteiger partial charge in [-0.1, -0.05) is 0 Å². The Hall–Kier alpha value is -1.91. The van der Waals surface area contributed by atoms with Crippen LogP contribution in [-0.2, 0) is 16.6 Å². The van der Waals surface area contributed by atoms with Gasteiger partial charge in [-0.25, -0.2) is 9.37 Å². The smallest absolute Gasteiger partial charge is 0.316 e. The predicted molar refractivity (Wildman–Crippen MR) is 65.7 cm³/mol. The molecule has 1 aromatic heterocycles. The van der Waals surface area contributed by atoms with E-state index >= 15 is 0 Å². The minimum absolute atomic E-state index is 0.319. The van der Waals surface area contributed by atoms with Crippen molar-refractivity contribution < 1.29 is 13.9 Å². The molecule has 5 heteroatoms. The molecule has 4 nitrogen and oxygen atoms in total. The maximum Gasteiger partial charge on any atom is 0.316 e. The van der Waals surface area contributed by atoms with E-state index < -0.39 is 5.92 Å². The van der Waals surface area contributed by atoms with Crippen LogP contribution in [0.5, 0.6) is 0 Å². The minimum Gasteiger partial charge on any atom is -0.465 e. The van der Waals surface area contributed by atoms with E-state index in [0.29, 0.717) is 23.5 Å². The van der Waals surface area contributed by atoms with Gasteiger partial charge in [0.2, 0.25) is 0 Å². The highest BCUT2D eigenvalue weighted by Gasteiger charge is 2.22. The van der Waals surface area contributed by atoms with E-state index in [9.17, 15) is 9.18 Å². The Kier molecular flexibility index (Phi) is 3.32. The van der Waals surface area contributed by atoms with Gasteiger partial charge in [0.05, 0.1) is 17.6 Å². The number of aryl methyl sites for hydroxylation is 1. The molecule has 0 bridgehead atoms. The van der Waals surface area contributed by atoms with Gasteiger partial charge in [0.1, 0.15) is 17.6 Å². The molecule has 1 heterocycles. The number of carbonyl (C=O) groups excluding carboxylic acids is 1. The lowest BCUT2D eigenvalue weighted by Crippen LogP contribution is -2.16. The van der Waals surface area contributed by atoms with Crippen molar-refractivity contribution in [2.75, 3.05) is 6.61 Å². The lowest BCUT2D eigenvalue weighted by molar-refractivity contribution is -0.144. The Balaban J connectivity index is 2.45. The molecule has 0 amide bonds. The molecule has 1 unspecified atom stereocenters. The maximum absolute atomic E-state index is 13.2. The third-order valence-corrected chi connectivity index (χ3v) is 2.90. The molecule has 0 aliphatic carbocycles. The number of nitrogens with zero attached hydrogens (tertiary/aromatic N) is 2. The molecule has 18 heavy (non-hydrogen) atoms. The summed E-state index contributed by atoms with van der Waals surface area (Å²) in [6.45, 7) is 3.83. The second kappa shape index (κ2) is 4.76. The summed E-state index contributed by atoms with van der Waals surface area (Å²) in [7, 11) is 1.76. The van der Waals surface area contributed by atoms with Crippen molar-refractivity contribution in [3.05, 3.63) is 29.8 Å². The van der Waals surface area contributed by atoms with Crippen molar-refractivity contribution in [1.82, 2.24) is 9.55 Å². The van der Waals surface area contributed by atoms with E-state index in [1.54, 1.807) is 31.5 Å². The topological polar surface area (TPSA) is 44.1 Å². The van der Waals surface area contributed by atoms with Gasteiger partial charge in [0, 0.05) is 7.05 Å². The molecule has 0 spiro atoms. The first-order chi connectivity index (χ1) is 8.54. The number of fused-ring (bicyclic) bond motifs is 1. The molecule has 2 aromatic rings. The molecule has 1 atom stereocenters. The average Bonchev–Trinajstić information content (AvgIpc) is 2.66. The summed E-state index contributed by atoms with van der Waals surface area (Å²) in [5.74, 6) is -0.531. The number of ether oxygens (including phenoxy) is 1. The summed E-state index contributed by atoms with van der Waals surface area (Å²) in [6.07, 6.45) is 0. The largest absolute Gasteiger partial charge is 0.465 e. The Morgan fingerprint density at radius 2 is 2.28 bits per heavy atom. The number of benzene rings is 1. The van der Waals surface area contributed by atoms with E-state index in [2.05, 4.69) is 4.98 Å². The van der Waals surface area contributed by atoms with Gasteiger partial charge in [-0.3, -0.25) is 4.79 Å². The molecule has 0 saturated heterocycles. The fourth-order valence-electron chi connectivity index (χ4n) is 1.94. The molecule has 0 saturated carbocycles. The fraction of sp³-hybridized carbons (Fsp3) is 0.385. The van der Waals surface area contributed by atoms with Crippen molar-refractivity contribution >= 4 is 17.0 Å². The van der Waals surface area contributed by atoms with Gasteiger partial charge < -0.3 is 9.30 Å². The Morgan fingerprint density at radius 1 is 1.56 bits per heavy atom. The molecule has 0 aliphatic heterocycles. The lowest BCUT2D eigenvalue weighted by atomic mass is 10.2. The summed E-state index contributed by atoms with van der Waals surface area (Å²) in [5.41, 5.74) is 1.34. The summed E-state index contributed by atoms with van der Waals surface area (Å²) in [4.78, 5) is 16.0. The van der Waals surface area contributed by atoms with Gasteiger partial charge in [0.25, 0.3) is 0 Å². The zero-order valence-corrected chi connectivity index (χ0v) is 10.6. The number of halogens is 1. The molecular weight excluding hydrogens is 235 g/mol.